The highest BCUT2D eigenvalue weighted by molar-refractivity contribution is 5.82. The first-order valence-corrected chi connectivity index (χ1v) is 11.6. The quantitative estimate of drug-likeness (QED) is 0.271. The second-order valence-electron chi connectivity index (χ2n) is 8.19. The van der Waals surface area contributed by atoms with Gasteiger partial charge in [-0.15, -0.1) is 0 Å². The van der Waals surface area contributed by atoms with E-state index in [9.17, 15) is 35.5 Å². The Kier molecular flexibility index (Phi) is 10.1. The van der Waals surface area contributed by atoms with Crippen LogP contribution in [0.5, 0.6) is 11.5 Å². The van der Waals surface area contributed by atoms with E-state index in [1.807, 2.05) is 0 Å². The van der Waals surface area contributed by atoms with E-state index in [-0.39, 0.29) is 30.0 Å². The maximum Gasteiger partial charge on any atom is 0.433 e. The van der Waals surface area contributed by atoms with Crippen LogP contribution in [0.2, 0.25) is 0 Å². The molecule has 210 valence electrons. The smallest absolute Gasteiger partial charge is 0.431 e. The third-order valence-corrected chi connectivity index (χ3v) is 5.70. The molecule has 0 aliphatic carbocycles. The number of halogens is 7. The Bertz CT molecular complexity index is 1210. The number of nitrogens with one attached hydrogen (secondary N) is 2. The number of hydrogen-bond acceptors (Lipinski definition) is 5. The molecule has 0 fully saturated rings. The summed E-state index contributed by atoms with van der Waals surface area (Å²) in [6.45, 7) is -6.53. The van der Waals surface area contributed by atoms with Crippen molar-refractivity contribution in [2.24, 2.45) is 0 Å². The normalized spacial score (nSPS) is 13.3. The monoisotopic (exact) mass is 559 g/mol. The molecule has 1 aromatic heterocycles. The van der Waals surface area contributed by atoms with Crippen LogP contribution >= 0.6 is 0 Å². The molecule has 0 spiro atoms. The fourth-order valence-electron chi connectivity index (χ4n) is 3.95. The molecule has 0 bridgehead atoms. The third kappa shape index (κ3) is 8.31. The largest absolute Gasteiger partial charge is 0.433 e. The van der Waals surface area contributed by atoms with Crippen molar-refractivity contribution in [3.05, 3.63) is 89.2 Å². The summed E-state index contributed by atoms with van der Waals surface area (Å²) in [7, 11) is 1.46. The molecule has 0 aliphatic heterocycles. The number of nitrogens with zero attached hydrogens (tertiary/aromatic N) is 1. The number of carbonyl (C=O) groups excluding carboxylic acids is 1. The molecule has 2 unspecified atom stereocenters. The SMILES string of the molecule is CNC(=O)C(NCCC(c1ccc(C(F)(F)F)nc1)c1ccc(OC(F)F)c(OC(F)F)c1)c1ccccc1. The standard InChI is InChI=1S/C26H24F7N3O3/c1-34-23(37)22(15-5-3-2-4-6-15)35-12-11-18(17-8-10-21(36-14-17)26(31,32)33)16-7-9-19(38-24(27)28)20(13-16)39-25(29)30/h2-10,13-14,18,22,24-25,35H,11-12H2,1H3,(H,34,37). The first-order valence-electron chi connectivity index (χ1n) is 11.6. The average molecular weight is 559 g/mol. The minimum atomic E-state index is -4.68. The number of carbonyl (C=O) groups is 1. The van der Waals surface area contributed by atoms with Crippen LogP contribution in [0, 0.1) is 0 Å². The van der Waals surface area contributed by atoms with Gasteiger partial charge in [0, 0.05) is 19.2 Å². The van der Waals surface area contributed by atoms with E-state index >= 15 is 0 Å². The van der Waals surface area contributed by atoms with Crippen molar-refractivity contribution in [2.45, 2.75) is 37.8 Å². The molecule has 39 heavy (non-hydrogen) atoms. The highest BCUT2D eigenvalue weighted by atomic mass is 19.4. The number of likely N-dealkylation sites (N-methyl/N-ethyl adjacent to an activating group) is 1. The molecule has 0 aliphatic rings. The predicted octanol–water partition coefficient (Wildman–Crippen LogP) is 5.90. The molecule has 0 radical (unpaired) electrons. The van der Waals surface area contributed by atoms with Gasteiger partial charge in [-0.05, 0) is 47.9 Å². The maximum atomic E-state index is 13.1. The molecular weight excluding hydrogens is 535 g/mol. The van der Waals surface area contributed by atoms with Crippen molar-refractivity contribution in [2.75, 3.05) is 13.6 Å². The molecule has 13 heteroatoms. The summed E-state index contributed by atoms with van der Waals surface area (Å²) in [5.41, 5.74) is 0.0679. The van der Waals surface area contributed by atoms with Crippen LogP contribution in [0.1, 0.15) is 40.8 Å². The fraction of sp³-hybridized carbons (Fsp3) is 0.308. The van der Waals surface area contributed by atoms with E-state index < -0.39 is 48.6 Å². The lowest BCUT2D eigenvalue weighted by Crippen LogP contribution is -2.36. The fourth-order valence-corrected chi connectivity index (χ4v) is 3.95. The van der Waals surface area contributed by atoms with Crippen LogP contribution in [0.4, 0.5) is 30.7 Å². The van der Waals surface area contributed by atoms with Gasteiger partial charge in [-0.25, -0.2) is 0 Å². The molecule has 2 atom stereocenters. The maximum absolute atomic E-state index is 13.1. The van der Waals surface area contributed by atoms with Crippen molar-refractivity contribution in [1.29, 1.82) is 0 Å². The lowest BCUT2D eigenvalue weighted by atomic mass is 9.89. The second kappa shape index (κ2) is 13.3. The molecule has 2 N–H and O–H groups in total. The number of rotatable bonds is 12. The van der Waals surface area contributed by atoms with E-state index in [2.05, 4.69) is 25.1 Å². The van der Waals surface area contributed by atoms with Gasteiger partial charge in [0.25, 0.3) is 0 Å². The molecule has 2 aromatic carbocycles. The average Bonchev–Trinajstić information content (AvgIpc) is 2.89. The molecule has 1 heterocycles. The minimum Gasteiger partial charge on any atom is -0.431 e. The van der Waals surface area contributed by atoms with Gasteiger partial charge in [-0.3, -0.25) is 9.78 Å². The van der Waals surface area contributed by atoms with Crippen LogP contribution in [-0.4, -0.2) is 37.7 Å². The Labute approximate surface area is 219 Å². The lowest BCUT2D eigenvalue weighted by molar-refractivity contribution is -0.141. The molecule has 6 nitrogen and oxygen atoms in total. The number of aromatic nitrogens is 1. The van der Waals surface area contributed by atoms with Crippen molar-refractivity contribution in [3.63, 3.8) is 0 Å². The summed E-state index contributed by atoms with van der Waals surface area (Å²) in [4.78, 5) is 16.0. The zero-order chi connectivity index (χ0) is 28.6. The van der Waals surface area contributed by atoms with Gasteiger partial charge in [0.1, 0.15) is 11.7 Å². The number of ether oxygens (including phenoxy) is 2. The molecule has 3 aromatic rings. The summed E-state index contributed by atoms with van der Waals surface area (Å²) in [6, 6.07) is 13.3. The van der Waals surface area contributed by atoms with Gasteiger partial charge in [-0.2, -0.15) is 30.7 Å². The number of hydrogen-bond donors (Lipinski definition) is 2. The van der Waals surface area contributed by atoms with Gasteiger partial charge in [0.2, 0.25) is 5.91 Å². The first kappa shape index (κ1) is 29.7. The number of alkyl halides is 7. The minimum absolute atomic E-state index is 0.138. The lowest BCUT2D eigenvalue weighted by Gasteiger charge is -2.23. The molecule has 0 saturated heterocycles. The Morgan fingerprint density at radius 3 is 2.08 bits per heavy atom. The zero-order valence-corrected chi connectivity index (χ0v) is 20.4. The van der Waals surface area contributed by atoms with Crippen molar-refractivity contribution >= 4 is 5.91 Å². The Balaban J connectivity index is 1.95. The predicted molar refractivity (Wildman–Crippen MR) is 127 cm³/mol. The van der Waals surface area contributed by atoms with Crippen molar-refractivity contribution in [3.8, 4) is 11.5 Å². The number of pyridine rings is 1. The summed E-state index contributed by atoms with van der Waals surface area (Å²) in [5.74, 6) is -2.41. The highest BCUT2D eigenvalue weighted by Gasteiger charge is 2.32. The van der Waals surface area contributed by atoms with Gasteiger partial charge < -0.3 is 20.1 Å². The van der Waals surface area contributed by atoms with Crippen LogP contribution in [0.3, 0.4) is 0 Å². The molecule has 3 rings (SSSR count). The van der Waals surface area contributed by atoms with E-state index in [0.29, 0.717) is 5.56 Å². The summed E-state index contributed by atoms with van der Waals surface area (Å²) < 4.78 is 99.3. The molecule has 1 amide bonds. The van der Waals surface area contributed by atoms with Crippen LogP contribution < -0.4 is 20.1 Å². The van der Waals surface area contributed by atoms with Gasteiger partial charge in [0.05, 0.1) is 0 Å². The first-order chi connectivity index (χ1) is 18.5. The van der Waals surface area contributed by atoms with Crippen LogP contribution in [0.15, 0.2) is 66.9 Å². The number of benzene rings is 2. The Hall–Kier alpha value is -3.87. The van der Waals surface area contributed by atoms with E-state index in [1.165, 1.54) is 19.2 Å². The highest BCUT2D eigenvalue weighted by Crippen LogP contribution is 2.37. The van der Waals surface area contributed by atoms with E-state index in [1.54, 1.807) is 30.3 Å². The Morgan fingerprint density at radius 2 is 1.51 bits per heavy atom. The van der Waals surface area contributed by atoms with Crippen LogP contribution in [-0.2, 0) is 11.0 Å². The van der Waals surface area contributed by atoms with Crippen molar-refractivity contribution < 1.29 is 45.0 Å². The summed E-state index contributed by atoms with van der Waals surface area (Å²) in [5, 5.41) is 5.64. The molecular formula is C26H24F7N3O3. The van der Waals surface area contributed by atoms with Gasteiger partial charge in [0.15, 0.2) is 11.5 Å². The van der Waals surface area contributed by atoms with E-state index in [4.69, 9.17) is 0 Å². The summed E-state index contributed by atoms with van der Waals surface area (Å²) in [6.07, 6.45) is -3.53. The van der Waals surface area contributed by atoms with Crippen molar-refractivity contribution in [1.82, 2.24) is 15.6 Å². The van der Waals surface area contributed by atoms with Crippen LogP contribution in [0.25, 0.3) is 0 Å². The third-order valence-electron chi connectivity index (χ3n) is 5.70. The van der Waals surface area contributed by atoms with E-state index in [0.717, 1.165) is 24.4 Å². The zero-order valence-electron chi connectivity index (χ0n) is 20.4. The Morgan fingerprint density at radius 1 is 0.872 bits per heavy atom. The topological polar surface area (TPSA) is 72.5 Å². The molecule has 0 saturated carbocycles. The summed E-state index contributed by atoms with van der Waals surface area (Å²) >= 11 is 0. The second-order valence-corrected chi connectivity index (χ2v) is 8.19. The van der Waals surface area contributed by atoms with Gasteiger partial charge in [-0.1, -0.05) is 42.5 Å². The van der Waals surface area contributed by atoms with Gasteiger partial charge >= 0.3 is 19.4 Å². The number of amides is 1.